The summed E-state index contributed by atoms with van der Waals surface area (Å²) in [5, 5.41) is 3.13. The first-order chi connectivity index (χ1) is 14.2. The van der Waals surface area contributed by atoms with Gasteiger partial charge in [0.15, 0.2) is 0 Å². The lowest BCUT2D eigenvalue weighted by Crippen LogP contribution is -2.43. The Morgan fingerprint density at radius 1 is 1.31 bits per heavy atom. The monoisotopic (exact) mass is 397 g/mol. The van der Waals surface area contributed by atoms with Gasteiger partial charge in [0.05, 0.1) is 11.7 Å². The fraction of sp³-hybridized carbons (Fsp3) is 0.545. The van der Waals surface area contributed by atoms with E-state index in [-0.39, 0.29) is 18.6 Å². The van der Waals surface area contributed by atoms with Crippen molar-refractivity contribution in [3.63, 3.8) is 0 Å². The van der Waals surface area contributed by atoms with Crippen LogP contribution in [0.25, 0.3) is 0 Å². The molecule has 7 nitrogen and oxygen atoms in total. The summed E-state index contributed by atoms with van der Waals surface area (Å²) in [4.78, 5) is 28.1. The van der Waals surface area contributed by atoms with Crippen LogP contribution in [-0.4, -0.2) is 52.6 Å². The molecule has 1 saturated heterocycles. The summed E-state index contributed by atoms with van der Waals surface area (Å²) in [6.07, 6.45) is 9.77. The number of carbonyl (C=O) groups excluding carboxylic acids is 1. The highest BCUT2D eigenvalue weighted by atomic mass is 16.5. The van der Waals surface area contributed by atoms with Crippen molar-refractivity contribution < 1.29 is 9.53 Å². The van der Waals surface area contributed by atoms with Crippen LogP contribution >= 0.6 is 0 Å². The first kappa shape index (κ1) is 21.3. The molecule has 29 heavy (non-hydrogen) atoms. The number of ether oxygens (including phenoxy) is 1. The van der Waals surface area contributed by atoms with Crippen LogP contribution in [0.5, 0.6) is 0 Å². The average molecular weight is 398 g/mol. The number of likely N-dealkylation sites (tertiary alicyclic amines) is 1. The molecule has 0 saturated carbocycles. The van der Waals surface area contributed by atoms with Gasteiger partial charge >= 0.3 is 0 Å². The van der Waals surface area contributed by atoms with Crippen LogP contribution in [0.3, 0.4) is 0 Å². The van der Waals surface area contributed by atoms with Gasteiger partial charge in [-0.1, -0.05) is 13.0 Å². The topological polar surface area (TPSA) is 80.2 Å². The van der Waals surface area contributed by atoms with Crippen molar-refractivity contribution in [3.05, 3.63) is 53.9 Å². The zero-order valence-corrected chi connectivity index (χ0v) is 17.4. The Labute approximate surface area is 172 Å². The molecule has 0 aliphatic carbocycles. The number of rotatable bonds is 9. The van der Waals surface area contributed by atoms with Crippen molar-refractivity contribution in [1.82, 2.24) is 25.2 Å². The van der Waals surface area contributed by atoms with Crippen molar-refractivity contribution in [2.45, 2.75) is 45.2 Å². The van der Waals surface area contributed by atoms with Crippen LogP contribution in [-0.2, 0) is 22.5 Å². The molecule has 0 spiro atoms. The minimum absolute atomic E-state index is 0.0568. The molecule has 0 bridgehead atoms. The molecule has 1 N–H and O–H groups in total. The van der Waals surface area contributed by atoms with Crippen molar-refractivity contribution in [2.75, 3.05) is 26.8 Å². The molecule has 3 rings (SSSR count). The highest BCUT2D eigenvalue weighted by Crippen LogP contribution is 2.29. The number of pyridine rings is 1. The second kappa shape index (κ2) is 11.0. The van der Waals surface area contributed by atoms with E-state index in [0.29, 0.717) is 5.92 Å². The number of aromatic nitrogens is 3. The molecule has 0 aromatic carbocycles. The molecule has 2 aromatic heterocycles. The van der Waals surface area contributed by atoms with Crippen LogP contribution in [0.2, 0.25) is 0 Å². The van der Waals surface area contributed by atoms with E-state index in [0.717, 1.165) is 62.4 Å². The Balaban J connectivity index is 1.67. The Hall–Kier alpha value is -2.38. The summed E-state index contributed by atoms with van der Waals surface area (Å²) >= 11 is 0. The van der Waals surface area contributed by atoms with Gasteiger partial charge in [-0.05, 0) is 43.9 Å². The number of piperidine rings is 1. The van der Waals surface area contributed by atoms with Gasteiger partial charge in [-0.25, -0.2) is 9.97 Å². The number of hydrogen-bond donors (Lipinski definition) is 1. The van der Waals surface area contributed by atoms with Crippen LogP contribution in [0, 0.1) is 5.92 Å². The van der Waals surface area contributed by atoms with Gasteiger partial charge in [-0.2, -0.15) is 0 Å². The predicted octanol–water partition coefficient (Wildman–Crippen LogP) is 2.54. The number of aryl methyl sites for hydroxylation is 1. The van der Waals surface area contributed by atoms with E-state index in [4.69, 9.17) is 4.74 Å². The van der Waals surface area contributed by atoms with E-state index >= 15 is 0 Å². The van der Waals surface area contributed by atoms with Crippen molar-refractivity contribution in [1.29, 1.82) is 0 Å². The smallest absolute Gasteiger partial charge is 0.246 e. The molecule has 7 heteroatoms. The lowest BCUT2D eigenvalue weighted by Gasteiger charge is -2.37. The van der Waals surface area contributed by atoms with Gasteiger partial charge in [0.1, 0.15) is 12.4 Å². The molecule has 2 aromatic rings. The Morgan fingerprint density at radius 3 is 2.83 bits per heavy atom. The fourth-order valence-corrected chi connectivity index (χ4v) is 3.92. The van der Waals surface area contributed by atoms with Crippen LogP contribution in [0.1, 0.15) is 49.3 Å². The summed E-state index contributed by atoms with van der Waals surface area (Å²) in [7, 11) is 1.53. The fourth-order valence-electron chi connectivity index (χ4n) is 3.92. The normalized spacial score (nSPS) is 18.3. The predicted molar refractivity (Wildman–Crippen MR) is 111 cm³/mol. The summed E-state index contributed by atoms with van der Waals surface area (Å²) < 4.78 is 5.00. The molecule has 1 aliphatic heterocycles. The van der Waals surface area contributed by atoms with Crippen LogP contribution < -0.4 is 5.32 Å². The Morgan fingerprint density at radius 2 is 2.14 bits per heavy atom. The minimum atomic E-state index is -0.121. The summed E-state index contributed by atoms with van der Waals surface area (Å²) in [5.41, 5.74) is 2.03. The van der Waals surface area contributed by atoms with Gasteiger partial charge in [0, 0.05) is 50.8 Å². The first-order valence-electron chi connectivity index (χ1n) is 10.4. The standard InChI is InChI=1S/C22H31N5O2/c1-3-7-20-24-12-17(13-25-20)14-27-11-6-8-18(15-27)22(26-21(28)16-29-2)19-9-4-5-10-23-19/h4-5,9-10,12-13,18,22H,3,6-8,11,14-16H2,1-2H3,(H,26,28). The number of hydrogen-bond acceptors (Lipinski definition) is 6. The van der Waals surface area contributed by atoms with Crippen LogP contribution in [0.4, 0.5) is 0 Å². The van der Waals surface area contributed by atoms with E-state index in [1.165, 1.54) is 7.11 Å². The average Bonchev–Trinajstić information content (AvgIpc) is 2.75. The summed E-state index contributed by atoms with van der Waals surface area (Å²) in [5.74, 6) is 1.09. The number of amides is 1. The number of carbonyl (C=O) groups is 1. The molecular weight excluding hydrogens is 366 g/mol. The number of nitrogens with zero attached hydrogens (tertiary/aromatic N) is 4. The van der Waals surface area contributed by atoms with Gasteiger partial charge < -0.3 is 10.1 Å². The molecule has 0 radical (unpaired) electrons. The third-order valence-electron chi connectivity index (χ3n) is 5.25. The lowest BCUT2D eigenvalue weighted by molar-refractivity contribution is -0.126. The van der Waals surface area contributed by atoms with Gasteiger partial charge in [-0.15, -0.1) is 0 Å². The molecule has 1 aliphatic rings. The maximum absolute atomic E-state index is 12.2. The minimum Gasteiger partial charge on any atom is -0.375 e. The Bertz CT molecular complexity index is 754. The van der Waals surface area contributed by atoms with Crippen molar-refractivity contribution in [2.24, 2.45) is 5.92 Å². The van der Waals surface area contributed by atoms with E-state index in [2.05, 4.69) is 32.1 Å². The molecule has 2 unspecified atom stereocenters. The van der Waals surface area contributed by atoms with Gasteiger partial charge in [0.2, 0.25) is 5.91 Å². The summed E-state index contributed by atoms with van der Waals surface area (Å²) in [6, 6.07) is 5.72. The molecule has 2 atom stereocenters. The third kappa shape index (κ3) is 6.30. The molecule has 3 heterocycles. The number of nitrogens with one attached hydrogen (secondary N) is 1. The first-order valence-corrected chi connectivity index (χ1v) is 10.4. The lowest BCUT2D eigenvalue weighted by atomic mass is 9.88. The second-order valence-corrected chi connectivity index (χ2v) is 7.63. The van der Waals surface area contributed by atoms with E-state index in [9.17, 15) is 4.79 Å². The van der Waals surface area contributed by atoms with Gasteiger partial charge in [-0.3, -0.25) is 14.7 Å². The van der Waals surface area contributed by atoms with Crippen molar-refractivity contribution in [3.8, 4) is 0 Å². The highest BCUT2D eigenvalue weighted by molar-refractivity contribution is 5.77. The van der Waals surface area contributed by atoms with E-state index < -0.39 is 0 Å². The summed E-state index contributed by atoms with van der Waals surface area (Å²) in [6.45, 7) is 4.94. The second-order valence-electron chi connectivity index (χ2n) is 7.63. The molecule has 1 fully saturated rings. The zero-order valence-electron chi connectivity index (χ0n) is 17.4. The quantitative estimate of drug-likeness (QED) is 0.700. The maximum Gasteiger partial charge on any atom is 0.246 e. The van der Waals surface area contributed by atoms with Crippen molar-refractivity contribution >= 4 is 5.91 Å². The third-order valence-corrected chi connectivity index (χ3v) is 5.25. The van der Waals surface area contributed by atoms with Crippen LogP contribution in [0.15, 0.2) is 36.8 Å². The maximum atomic E-state index is 12.2. The van der Waals surface area contributed by atoms with E-state index in [1.807, 2.05) is 30.6 Å². The highest BCUT2D eigenvalue weighted by Gasteiger charge is 2.30. The van der Waals surface area contributed by atoms with E-state index in [1.54, 1.807) is 6.20 Å². The zero-order chi connectivity index (χ0) is 20.5. The molecular formula is C22H31N5O2. The largest absolute Gasteiger partial charge is 0.375 e. The molecule has 1 amide bonds. The van der Waals surface area contributed by atoms with Gasteiger partial charge in [0.25, 0.3) is 0 Å². The number of methoxy groups -OCH3 is 1. The Kier molecular flexibility index (Phi) is 8.07. The molecule has 156 valence electrons. The SMILES string of the molecule is CCCc1ncc(CN2CCCC(C(NC(=O)COC)c3ccccn3)C2)cn1.